The number of hydrogen-bond donors (Lipinski definition) is 0. The second-order valence-electron chi connectivity index (χ2n) is 9.86. The van der Waals surface area contributed by atoms with Gasteiger partial charge >= 0.3 is 0 Å². The SMILES string of the molecule is O=C(CCc1ccccc1)N1CCN(C(=O)C23CC4CC(CC(C4)C2)C3)CC1. The Morgan fingerprint density at radius 2 is 1.36 bits per heavy atom. The number of piperazine rings is 1. The molecule has 5 aliphatic rings. The summed E-state index contributed by atoms with van der Waals surface area (Å²) in [6, 6.07) is 10.2. The smallest absolute Gasteiger partial charge is 0.228 e. The summed E-state index contributed by atoms with van der Waals surface area (Å²) in [5.41, 5.74) is 1.17. The highest BCUT2D eigenvalue weighted by Gasteiger charge is 2.55. The summed E-state index contributed by atoms with van der Waals surface area (Å²) >= 11 is 0. The molecule has 1 heterocycles. The number of carbonyl (C=O) groups is 2. The monoisotopic (exact) mass is 380 g/mol. The lowest BCUT2D eigenvalue weighted by Gasteiger charge is -2.57. The topological polar surface area (TPSA) is 40.6 Å². The number of nitrogens with zero attached hydrogens (tertiary/aromatic N) is 2. The fourth-order valence-electron chi connectivity index (χ4n) is 6.92. The molecule has 0 N–H and O–H groups in total. The van der Waals surface area contributed by atoms with Gasteiger partial charge < -0.3 is 9.80 Å². The minimum absolute atomic E-state index is 0.0474. The largest absolute Gasteiger partial charge is 0.339 e. The van der Waals surface area contributed by atoms with E-state index in [4.69, 9.17) is 0 Å². The zero-order valence-corrected chi connectivity index (χ0v) is 16.8. The number of rotatable bonds is 4. The number of amides is 2. The molecule has 1 aliphatic heterocycles. The maximum atomic E-state index is 13.5. The molecule has 28 heavy (non-hydrogen) atoms. The van der Waals surface area contributed by atoms with Crippen molar-refractivity contribution in [2.45, 2.75) is 51.4 Å². The number of hydrogen-bond acceptors (Lipinski definition) is 2. The summed E-state index contributed by atoms with van der Waals surface area (Å²) in [5, 5.41) is 0. The number of aryl methyl sites for hydroxylation is 1. The fourth-order valence-corrected chi connectivity index (χ4v) is 6.92. The highest BCUT2D eigenvalue weighted by Crippen LogP contribution is 2.60. The van der Waals surface area contributed by atoms with Crippen LogP contribution in [0, 0.1) is 23.2 Å². The third kappa shape index (κ3) is 3.35. The quantitative estimate of drug-likeness (QED) is 0.802. The Bertz CT molecular complexity index is 701. The zero-order valence-electron chi connectivity index (χ0n) is 16.8. The Kier molecular flexibility index (Phi) is 4.68. The van der Waals surface area contributed by atoms with E-state index in [1.807, 2.05) is 23.1 Å². The van der Waals surface area contributed by atoms with E-state index in [0.29, 0.717) is 25.4 Å². The van der Waals surface area contributed by atoms with E-state index < -0.39 is 0 Å². The maximum Gasteiger partial charge on any atom is 0.228 e. The van der Waals surface area contributed by atoms with Gasteiger partial charge in [-0.3, -0.25) is 9.59 Å². The average molecular weight is 381 g/mol. The number of benzene rings is 1. The molecule has 0 radical (unpaired) electrons. The standard InChI is InChI=1S/C24H32N2O2/c27-22(7-6-18-4-2-1-3-5-18)25-8-10-26(11-9-25)23(28)24-15-19-12-20(16-24)14-21(13-19)17-24/h1-5,19-21H,6-17H2. The molecule has 4 heteroatoms. The zero-order chi connectivity index (χ0) is 19.1. The van der Waals surface area contributed by atoms with Crippen LogP contribution in [0.1, 0.15) is 50.5 Å². The molecule has 1 aromatic rings. The Labute approximate surface area is 168 Å². The van der Waals surface area contributed by atoms with Gasteiger partial charge in [0.15, 0.2) is 0 Å². The molecule has 0 spiro atoms. The normalized spacial score (nSPS) is 33.9. The first-order valence-electron chi connectivity index (χ1n) is 11.2. The summed E-state index contributed by atoms with van der Waals surface area (Å²) in [6.45, 7) is 2.84. The van der Waals surface area contributed by atoms with Gasteiger partial charge in [0.2, 0.25) is 11.8 Å². The van der Waals surface area contributed by atoms with Crippen molar-refractivity contribution in [2.24, 2.45) is 23.2 Å². The van der Waals surface area contributed by atoms with Crippen molar-refractivity contribution in [3.63, 3.8) is 0 Å². The van der Waals surface area contributed by atoms with Crippen molar-refractivity contribution in [2.75, 3.05) is 26.2 Å². The summed E-state index contributed by atoms with van der Waals surface area (Å²) < 4.78 is 0. The van der Waals surface area contributed by atoms with E-state index in [1.165, 1.54) is 24.8 Å². The molecule has 4 nitrogen and oxygen atoms in total. The van der Waals surface area contributed by atoms with Gasteiger partial charge in [0, 0.05) is 32.6 Å². The minimum Gasteiger partial charge on any atom is -0.339 e. The lowest BCUT2D eigenvalue weighted by molar-refractivity contribution is -0.160. The van der Waals surface area contributed by atoms with Gasteiger partial charge in [-0.1, -0.05) is 30.3 Å². The maximum absolute atomic E-state index is 13.5. The summed E-state index contributed by atoms with van der Waals surface area (Å²) in [4.78, 5) is 30.1. The molecular weight excluding hydrogens is 348 g/mol. The summed E-state index contributed by atoms with van der Waals surface area (Å²) in [7, 11) is 0. The molecule has 6 rings (SSSR count). The fraction of sp³-hybridized carbons (Fsp3) is 0.667. The minimum atomic E-state index is -0.0474. The molecular formula is C24H32N2O2. The van der Waals surface area contributed by atoms with Crippen molar-refractivity contribution >= 4 is 11.8 Å². The van der Waals surface area contributed by atoms with Crippen LogP contribution >= 0.6 is 0 Å². The van der Waals surface area contributed by atoms with E-state index in [-0.39, 0.29) is 11.3 Å². The molecule has 1 aromatic carbocycles. The van der Waals surface area contributed by atoms with Crippen LogP contribution in [-0.4, -0.2) is 47.8 Å². The van der Waals surface area contributed by atoms with E-state index >= 15 is 0 Å². The third-order valence-electron chi connectivity index (χ3n) is 7.88. The lowest BCUT2D eigenvalue weighted by atomic mass is 9.49. The van der Waals surface area contributed by atoms with Crippen molar-refractivity contribution in [1.29, 1.82) is 0 Å². The molecule has 0 aromatic heterocycles. The third-order valence-corrected chi connectivity index (χ3v) is 7.88. The van der Waals surface area contributed by atoms with Crippen LogP contribution in [0.5, 0.6) is 0 Å². The van der Waals surface area contributed by atoms with Crippen molar-refractivity contribution in [3.8, 4) is 0 Å². The van der Waals surface area contributed by atoms with E-state index in [1.54, 1.807) is 0 Å². The first-order chi connectivity index (χ1) is 13.6. The highest BCUT2D eigenvalue weighted by atomic mass is 16.2. The Morgan fingerprint density at radius 3 is 1.93 bits per heavy atom. The molecule has 4 bridgehead atoms. The Morgan fingerprint density at radius 1 is 0.821 bits per heavy atom. The van der Waals surface area contributed by atoms with Crippen LogP contribution in [0.2, 0.25) is 0 Å². The van der Waals surface area contributed by atoms with Gasteiger partial charge in [-0.2, -0.15) is 0 Å². The van der Waals surface area contributed by atoms with Crippen LogP contribution in [0.25, 0.3) is 0 Å². The predicted octanol–water partition coefficient (Wildman–Crippen LogP) is 3.51. The molecule has 2 amide bonds. The molecule has 5 fully saturated rings. The van der Waals surface area contributed by atoms with Crippen LogP contribution < -0.4 is 0 Å². The molecule has 4 aliphatic carbocycles. The van der Waals surface area contributed by atoms with Crippen LogP contribution in [-0.2, 0) is 16.0 Å². The molecule has 4 saturated carbocycles. The van der Waals surface area contributed by atoms with Crippen molar-refractivity contribution in [3.05, 3.63) is 35.9 Å². The first-order valence-corrected chi connectivity index (χ1v) is 11.2. The average Bonchev–Trinajstić information content (AvgIpc) is 2.71. The first kappa shape index (κ1) is 18.2. The van der Waals surface area contributed by atoms with Crippen molar-refractivity contribution in [1.82, 2.24) is 9.80 Å². The van der Waals surface area contributed by atoms with Crippen molar-refractivity contribution < 1.29 is 9.59 Å². The van der Waals surface area contributed by atoms with Gasteiger partial charge in [0.05, 0.1) is 5.41 Å². The second-order valence-corrected chi connectivity index (χ2v) is 9.86. The molecule has 150 valence electrons. The van der Waals surface area contributed by atoms with Gasteiger partial charge in [0.25, 0.3) is 0 Å². The van der Waals surface area contributed by atoms with Crippen LogP contribution in [0.4, 0.5) is 0 Å². The van der Waals surface area contributed by atoms with Crippen LogP contribution in [0.15, 0.2) is 30.3 Å². The second kappa shape index (κ2) is 7.20. The Balaban J connectivity index is 1.15. The van der Waals surface area contributed by atoms with Gasteiger partial charge in [-0.15, -0.1) is 0 Å². The lowest BCUT2D eigenvalue weighted by Crippen LogP contribution is -2.58. The summed E-state index contributed by atoms with van der Waals surface area (Å²) in [5.74, 6) is 3.05. The van der Waals surface area contributed by atoms with Gasteiger partial charge in [0.1, 0.15) is 0 Å². The Hall–Kier alpha value is -1.84. The molecule has 0 atom stereocenters. The van der Waals surface area contributed by atoms with E-state index in [0.717, 1.165) is 56.5 Å². The van der Waals surface area contributed by atoms with Crippen LogP contribution in [0.3, 0.4) is 0 Å². The van der Waals surface area contributed by atoms with Gasteiger partial charge in [-0.05, 0) is 68.3 Å². The molecule has 0 unspecified atom stereocenters. The number of carbonyl (C=O) groups excluding carboxylic acids is 2. The highest BCUT2D eigenvalue weighted by molar-refractivity contribution is 5.84. The van der Waals surface area contributed by atoms with E-state index in [2.05, 4.69) is 17.0 Å². The molecule has 1 saturated heterocycles. The predicted molar refractivity (Wildman–Crippen MR) is 109 cm³/mol. The summed E-state index contributed by atoms with van der Waals surface area (Å²) in [6.07, 6.45) is 8.87. The van der Waals surface area contributed by atoms with Gasteiger partial charge in [-0.25, -0.2) is 0 Å². The van der Waals surface area contributed by atoms with E-state index in [9.17, 15) is 9.59 Å².